The number of halogens is 1. The average Bonchev–Trinajstić information content (AvgIpc) is 3.39. The number of anilines is 1. The van der Waals surface area contributed by atoms with E-state index in [0.29, 0.717) is 10.8 Å². The molecule has 0 saturated carbocycles. The van der Waals surface area contributed by atoms with Crippen molar-refractivity contribution in [1.29, 1.82) is 0 Å². The highest BCUT2D eigenvalue weighted by Crippen LogP contribution is 2.44. The van der Waals surface area contributed by atoms with Crippen LogP contribution in [0.1, 0.15) is 23.5 Å². The Morgan fingerprint density at radius 3 is 2.58 bits per heavy atom. The normalized spacial score (nSPS) is 18.2. The van der Waals surface area contributed by atoms with Crippen molar-refractivity contribution in [3.63, 3.8) is 0 Å². The van der Waals surface area contributed by atoms with E-state index in [2.05, 4.69) is 49.0 Å². The molecule has 7 heteroatoms. The molecule has 1 aliphatic heterocycles. The summed E-state index contributed by atoms with van der Waals surface area (Å²) in [6.07, 6.45) is 3.82. The lowest BCUT2D eigenvalue weighted by Crippen LogP contribution is -2.30. The van der Waals surface area contributed by atoms with Crippen LogP contribution in [0.15, 0.2) is 95.7 Å². The maximum atomic E-state index is 10.6. The van der Waals surface area contributed by atoms with Crippen molar-refractivity contribution in [2.45, 2.75) is 12.1 Å². The Hall–Kier alpha value is -3.16. The van der Waals surface area contributed by atoms with Gasteiger partial charge >= 0.3 is 0 Å². The van der Waals surface area contributed by atoms with Crippen molar-refractivity contribution in [3.8, 4) is 11.4 Å². The Balaban J connectivity index is 1.69. The molecular weight excluding hydrogens is 472 g/mol. The third-order valence-corrected chi connectivity index (χ3v) is 6.22. The number of pyridine rings is 1. The first kappa shape index (κ1) is 19.8. The third kappa shape index (κ3) is 3.60. The number of hydrogen-bond acceptors (Lipinski definition) is 3. The molecule has 2 N–H and O–H groups in total. The van der Waals surface area contributed by atoms with Crippen molar-refractivity contribution < 1.29 is 5.11 Å². The summed E-state index contributed by atoms with van der Waals surface area (Å²) in [5, 5.41) is 14.6. The predicted molar refractivity (Wildman–Crippen MR) is 130 cm³/mol. The zero-order valence-electron chi connectivity index (χ0n) is 16.4. The number of nitrogens with one attached hydrogen (secondary N) is 1. The molecule has 3 heterocycles. The van der Waals surface area contributed by atoms with E-state index in [9.17, 15) is 5.11 Å². The smallest absolute Gasteiger partial charge is 0.174 e. The van der Waals surface area contributed by atoms with Crippen molar-refractivity contribution in [2.75, 3.05) is 4.90 Å². The highest BCUT2D eigenvalue weighted by Gasteiger charge is 2.42. The highest BCUT2D eigenvalue weighted by molar-refractivity contribution is 9.10. The van der Waals surface area contributed by atoms with Crippen LogP contribution in [0.4, 0.5) is 5.69 Å². The van der Waals surface area contributed by atoms with E-state index in [1.165, 1.54) is 0 Å². The van der Waals surface area contributed by atoms with Crippen LogP contribution in [0.25, 0.3) is 5.69 Å². The molecule has 31 heavy (non-hydrogen) atoms. The molecule has 2 aromatic heterocycles. The second-order valence-electron chi connectivity index (χ2n) is 7.27. The zero-order valence-corrected chi connectivity index (χ0v) is 18.8. The molecule has 0 bridgehead atoms. The van der Waals surface area contributed by atoms with Crippen LogP contribution in [0.3, 0.4) is 0 Å². The van der Waals surface area contributed by atoms with Gasteiger partial charge in [0.05, 0.1) is 17.4 Å². The van der Waals surface area contributed by atoms with Gasteiger partial charge in [0.25, 0.3) is 0 Å². The Kier molecular flexibility index (Phi) is 5.21. The lowest BCUT2D eigenvalue weighted by molar-refractivity contribution is 0.472. The van der Waals surface area contributed by atoms with Gasteiger partial charge in [0, 0.05) is 28.2 Å². The van der Waals surface area contributed by atoms with Crippen LogP contribution in [-0.4, -0.2) is 19.8 Å². The minimum absolute atomic E-state index is 0.180. The van der Waals surface area contributed by atoms with Gasteiger partial charge in [-0.3, -0.25) is 4.98 Å². The van der Waals surface area contributed by atoms with Gasteiger partial charge in [-0.1, -0.05) is 40.2 Å². The van der Waals surface area contributed by atoms with Gasteiger partial charge in [-0.2, -0.15) is 0 Å². The molecule has 0 radical (unpaired) electrons. The Bertz CT molecular complexity index is 1240. The van der Waals surface area contributed by atoms with E-state index in [4.69, 9.17) is 12.2 Å². The molecule has 5 nitrogen and oxygen atoms in total. The van der Waals surface area contributed by atoms with Crippen molar-refractivity contribution in [3.05, 3.63) is 107 Å². The van der Waals surface area contributed by atoms with Crippen molar-refractivity contribution >= 4 is 38.9 Å². The summed E-state index contributed by atoms with van der Waals surface area (Å²) in [6, 6.07) is 25.0. The maximum absolute atomic E-state index is 10.6. The number of phenolic OH excluding ortho intramolecular Hbond substituents is 1. The summed E-state index contributed by atoms with van der Waals surface area (Å²) in [5.74, 6) is 0.180. The van der Waals surface area contributed by atoms with Crippen LogP contribution in [0, 0.1) is 0 Å². The zero-order chi connectivity index (χ0) is 21.4. The van der Waals surface area contributed by atoms with Gasteiger partial charge in [0.15, 0.2) is 5.11 Å². The molecule has 5 rings (SSSR count). The monoisotopic (exact) mass is 490 g/mol. The summed E-state index contributed by atoms with van der Waals surface area (Å²) in [6.45, 7) is 0. The molecule has 1 fully saturated rings. The van der Waals surface area contributed by atoms with Crippen LogP contribution in [0.5, 0.6) is 5.75 Å². The molecule has 2 atom stereocenters. The number of rotatable bonds is 4. The fourth-order valence-electron chi connectivity index (χ4n) is 4.08. The lowest BCUT2D eigenvalue weighted by atomic mass is 10.0. The molecule has 0 unspecified atom stereocenters. The minimum atomic E-state index is -0.218. The van der Waals surface area contributed by atoms with Gasteiger partial charge in [-0.15, -0.1) is 0 Å². The quantitative estimate of drug-likeness (QED) is 0.369. The fraction of sp³-hybridized carbons (Fsp3) is 0.0833. The first-order chi connectivity index (χ1) is 15.1. The molecule has 0 spiro atoms. The third-order valence-electron chi connectivity index (χ3n) is 5.41. The van der Waals surface area contributed by atoms with Crippen molar-refractivity contribution in [2.24, 2.45) is 0 Å². The molecule has 4 aromatic rings. The van der Waals surface area contributed by atoms with E-state index in [1.807, 2.05) is 59.6 Å². The minimum Gasteiger partial charge on any atom is -0.506 e. The second kappa shape index (κ2) is 8.17. The maximum Gasteiger partial charge on any atom is 0.174 e. The summed E-state index contributed by atoms with van der Waals surface area (Å²) >= 11 is 9.32. The number of phenols is 1. The van der Waals surface area contributed by atoms with Gasteiger partial charge in [0.1, 0.15) is 11.8 Å². The highest BCUT2D eigenvalue weighted by atomic mass is 79.9. The van der Waals surface area contributed by atoms with Gasteiger partial charge in [0.2, 0.25) is 0 Å². The number of aromatic nitrogens is 2. The topological polar surface area (TPSA) is 53.3 Å². The van der Waals surface area contributed by atoms with E-state index < -0.39 is 0 Å². The van der Waals surface area contributed by atoms with Crippen LogP contribution < -0.4 is 10.2 Å². The van der Waals surface area contributed by atoms with Gasteiger partial charge in [-0.05, 0) is 66.8 Å². The fourth-order valence-corrected chi connectivity index (χ4v) is 4.80. The molecular formula is C24H19BrN4OS. The summed E-state index contributed by atoms with van der Waals surface area (Å²) in [5.41, 5.74) is 3.61. The molecule has 0 aliphatic carbocycles. The SMILES string of the molecule is Oc1ccccc1N1C(=S)N[C@@H](c2ccccn2)[C@H]1c1cccn1-c1cccc(Br)c1. The molecule has 154 valence electrons. The predicted octanol–water partition coefficient (Wildman–Crippen LogP) is 5.52. The van der Waals surface area contributed by atoms with E-state index in [0.717, 1.165) is 21.5 Å². The van der Waals surface area contributed by atoms with Crippen LogP contribution in [0.2, 0.25) is 0 Å². The van der Waals surface area contributed by atoms with E-state index in [1.54, 1.807) is 18.3 Å². The summed E-state index contributed by atoms with van der Waals surface area (Å²) in [4.78, 5) is 6.57. The lowest BCUT2D eigenvalue weighted by Gasteiger charge is -2.29. The second-order valence-corrected chi connectivity index (χ2v) is 8.57. The molecule has 2 aromatic carbocycles. The molecule has 1 aliphatic rings. The Morgan fingerprint density at radius 2 is 1.81 bits per heavy atom. The number of para-hydroxylation sites is 2. The average molecular weight is 491 g/mol. The van der Waals surface area contributed by atoms with Crippen LogP contribution in [-0.2, 0) is 0 Å². The number of hydrogen-bond donors (Lipinski definition) is 2. The summed E-state index contributed by atoms with van der Waals surface area (Å²) < 4.78 is 3.15. The van der Waals surface area contributed by atoms with Gasteiger partial charge < -0.3 is 19.9 Å². The first-order valence-corrected chi connectivity index (χ1v) is 11.1. The first-order valence-electron chi connectivity index (χ1n) is 9.85. The number of nitrogens with zero attached hydrogens (tertiary/aromatic N) is 3. The summed E-state index contributed by atoms with van der Waals surface area (Å²) in [7, 11) is 0. The number of benzene rings is 2. The standard InChI is InChI=1S/C24H19BrN4OS/c25-16-7-5-8-17(15-16)28-14-6-11-20(28)23-22(18-9-3-4-13-26-18)27-24(31)29(23)19-10-1-2-12-21(19)30/h1-15,22-23,30H,(H,27,31)/t22-,23+/m0/s1. The van der Waals surface area contributed by atoms with Crippen LogP contribution >= 0.6 is 28.1 Å². The largest absolute Gasteiger partial charge is 0.506 e. The Morgan fingerprint density at radius 1 is 0.968 bits per heavy atom. The van der Waals surface area contributed by atoms with E-state index in [-0.39, 0.29) is 17.8 Å². The van der Waals surface area contributed by atoms with Crippen molar-refractivity contribution in [1.82, 2.24) is 14.9 Å². The molecule has 1 saturated heterocycles. The number of aromatic hydroxyl groups is 1. The van der Waals surface area contributed by atoms with Gasteiger partial charge in [-0.25, -0.2) is 0 Å². The molecule has 0 amide bonds. The number of thiocarbonyl (C=S) groups is 1. The van der Waals surface area contributed by atoms with E-state index >= 15 is 0 Å². The Labute approximate surface area is 194 Å².